The lowest BCUT2D eigenvalue weighted by molar-refractivity contribution is -0.113. The van der Waals surface area contributed by atoms with Crippen LogP contribution in [0, 0.1) is 17.5 Å². The Morgan fingerprint density at radius 3 is 2.71 bits per heavy atom. The Morgan fingerprint density at radius 1 is 1.24 bits per heavy atom. The molecule has 0 spiro atoms. The summed E-state index contributed by atoms with van der Waals surface area (Å²) in [7, 11) is 0. The number of thioether (sulfide) groups is 1. The molecular weight excluding hydrogens is 303 g/mol. The molecule has 0 bridgehead atoms. The SMILES string of the molecule is Nc1cnccc1SCC(=O)Nc1ccc(F)c(F)c1F. The molecule has 0 aliphatic heterocycles. The van der Waals surface area contributed by atoms with Crippen LogP contribution in [0.25, 0.3) is 0 Å². The normalized spacial score (nSPS) is 10.4. The number of halogens is 3. The minimum Gasteiger partial charge on any atom is -0.397 e. The summed E-state index contributed by atoms with van der Waals surface area (Å²) in [4.78, 5) is 16.1. The molecule has 0 atom stereocenters. The molecular formula is C13H10F3N3OS. The molecule has 0 saturated heterocycles. The van der Waals surface area contributed by atoms with Gasteiger partial charge in [0.25, 0.3) is 0 Å². The van der Waals surface area contributed by atoms with Gasteiger partial charge < -0.3 is 11.1 Å². The van der Waals surface area contributed by atoms with Gasteiger partial charge in [0.2, 0.25) is 5.91 Å². The molecule has 4 nitrogen and oxygen atoms in total. The van der Waals surface area contributed by atoms with Crippen molar-refractivity contribution in [2.45, 2.75) is 4.90 Å². The molecule has 0 saturated carbocycles. The van der Waals surface area contributed by atoms with E-state index in [0.717, 1.165) is 23.9 Å². The van der Waals surface area contributed by atoms with Gasteiger partial charge in [0.15, 0.2) is 17.5 Å². The lowest BCUT2D eigenvalue weighted by Crippen LogP contribution is -2.16. The number of pyridine rings is 1. The quantitative estimate of drug-likeness (QED) is 0.673. The van der Waals surface area contributed by atoms with Gasteiger partial charge in [-0.25, -0.2) is 13.2 Å². The number of anilines is 2. The number of nitrogens with one attached hydrogen (secondary N) is 1. The Labute approximate surface area is 122 Å². The monoisotopic (exact) mass is 313 g/mol. The fraction of sp³-hybridized carbons (Fsp3) is 0.0769. The third kappa shape index (κ3) is 3.66. The summed E-state index contributed by atoms with van der Waals surface area (Å²) in [5, 5.41) is 2.17. The van der Waals surface area contributed by atoms with Gasteiger partial charge >= 0.3 is 0 Å². The zero-order chi connectivity index (χ0) is 15.4. The summed E-state index contributed by atoms with van der Waals surface area (Å²) in [6.45, 7) is 0. The average molecular weight is 313 g/mol. The topological polar surface area (TPSA) is 68.0 Å². The van der Waals surface area contributed by atoms with Crippen LogP contribution < -0.4 is 11.1 Å². The van der Waals surface area contributed by atoms with E-state index in [4.69, 9.17) is 5.73 Å². The maximum Gasteiger partial charge on any atom is 0.234 e. The highest BCUT2D eigenvalue weighted by molar-refractivity contribution is 8.00. The number of benzene rings is 1. The fourth-order valence-corrected chi connectivity index (χ4v) is 2.21. The van der Waals surface area contributed by atoms with Crippen molar-refractivity contribution in [3.63, 3.8) is 0 Å². The molecule has 0 fully saturated rings. The zero-order valence-electron chi connectivity index (χ0n) is 10.6. The van der Waals surface area contributed by atoms with E-state index in [1.54, 1.807) is 6.07 Å². The minimum absolute atomic E-state index is 0.0628. The molecule has 3 N–H and O–H groups in total. The molecule has 0 aliphatic rings. The Hall–Kier alpha value is -2.22. The molecule has 2 aromatic rings. The van der Waals surface area contributed by atoms with Crippen molar-refractivity contribution in [1.82, 2.24) is 4.98 Å². The minimum atomic E-state index is -1.63. The van der Waals surface area contributed by atoms with E-state index in [1.165, 1.54) is 12.4 Å². The number of amides is 1. The number of carbonyl (C=O) groups excluding carboxylic acids is 1. The number of nitrogens with zero attached hydrogens (tertiary/aromatic N) is 1. The summed E-state index contributed by atoms with van der Waals surface area (Å²) in [5.41, 5.74) is 5.65. The van der Waals surface area contributed by atoms with Gasteiger partial charge in [0, 0.05) is 11.1 Å². The van der Waals surface area contributed by atoms with Gasteiger partial charge in [-0.3, -0.25) is 9.78 Å². The second kappa shape index (κ2) is 6.49. The molecule has 8 heteroatoms. The van der Waals surface area contributed by atoms with Crippen LogP contribution in [-0.4, -0.2) is 16.6 Å². The fourth-order valence-electron chi connectivity index (χ4n) is 1.48. The summed E-state index contributed by atoms with van der Waals surface area (Å²) in [5.74, 6) is -5.01. The highest BCUT2D eigenvalue weighted by Crippen LogP contribution is 2.24. The lowest BCUT2D eigenvalue weighted by Gasteiger charge is -2.08. The summed E-state index contributed by atoms with van der Waals surface area (Å²) >= 11 is 1.12. The van der Waals surface area contributed by atoms with Crippen molar-refractivity contribution in [3.05, 3.63) is 48.0 Å². The van der Waals surface area contributed by atoms with Gasteiger partial charge in [-0.1, -0.05) is 0 Å². The van der Waals surface area contributed by atoms with Crippen LogP contribution in [0.5, 0.6) is 0 Å². The number of aromatic nitrogens is 1. The van der Waals surface area contributed by atoms with Crippen molar-refractivity contribution in [2.24, 2.45) is 0 Å². The Morgan fingerprint density at radius 2 is 2.00 bits per heavy atom. The maximum absolute atomic E-state index is 13.4. The summed E-state index contributed by atoms with van der Waals surface area (Å²) < 4.78 is 39.2. The van der Waals surface area contributed by atoms with Gasteiger partial charge in [0.05, 0.1) is 23.3 Å². The van der Waals surface area contributed by atoms with Crippen molar-refractivity contribution in [3.8, 4) is 0 Å². The van der Waals surface area contributed by atoms with Crippen LogP contribution in [0.15, 0.2) is 35.5 Å². The molecule has 0 aliphatic carbocycles. The van der Waals surface area contributed by atoms with E-state index >= 15 is 0 Å². The number of rotatable bonds is 4. The van der Waals surface area contributed by atoms with E-state index in [1.807, 2.05) is 0 Å². The second-order valence-electron chi connectivity index (χ2n) is 3.97. The first-order chi connectivity index (χ1) is 9.99. The van der Waals surface area contributed by atoms with Gasteiger partial charge in [0.1, 0.15) is 0 Å². The molecule has 1 aromatic carbocycles. The molecule has 0 radical (unpaired) electrons. The van der Waals surface area contributed by atoms with Crippen LogP contribution in [0.2, 0.25) is 0 Å². The summed E-state index contributed by atoms with van der Waals surface area (Å²) in [6, 6.07) is 3.32. The Bertz CT molecular complexity index is 682. The van der Waals surface area contributed by atoms with Gasteiger partial charge in [-0.05, 0) is 18.2 Å². The van der Waals surface area contributed by atoms with Crippen LogP contribution in [-0.2, 0) is 4.79 Å². The zero-order valence-corrected chi connectivity index (χ0v) is 11.4. The molecule has 21 heavy (non-hydrogen) atoms. The largest absolute Gasteiger partial charge is 0.397 e. The number of hydrogen-bond donors (Lipinski definition) is 2. The Kier molecular flexibility index (Phi) is 4.69. The second-order valence-corrected chi connectivity index (χ2v) is 4.99. The first kappa shape index (κ1) is 15.2. The van der Waals surface area contributed by atoms with Crippen molar-refractivity contribution >= 4 is 29.0 Å². The number of nitrogen functional groups attached to an aromatic ring is 1. The molecule has 2 rings (SSSR count). The van der Waals surface area contributed by atoms with Crippen LogP contribution in [0.3, 0.4) is 0 Å². The van der Waals surface area contributed by atoms with Gasteiger partial charge in [-0.2, -0.15) is 0 Å². The number of nitrogens with two attached hydrogens (primary N) is 1. The number of hydrogen-bond acceptors (Lipinski definition) is 4. The smallest absolute Gasteiger partial charge is 0.234 e. The van der Waals surface area contributed by atoms with Crippen molar-refractivity contribution < 1.29 is 18.0 Å². The van der Waals surface area contributed by atoms with Crippen molar-refractivity contribution in [2.75, 3.05) is 16.8 Å². The first-order valence-corrected chi connectivity index (χ1v) is 6.73. The molecule has 1 aromatic heterocycles. The predicted octanol–water partition coefficient (Wildman–Crippen LogP) is 2.81. The third-order valence-electron chi connectivity index (χ3n) is 2.48. The van der Waals surface area contributed by atoms with E-state index in [2.05, 4.69) is 10.3 Å². The maximum atomic E-state index is 13.4. The van der Waals surface area contributed by atoms with E-state index in [0.29, 0.717) is 10.6 Å². The molecule has 110 valence electrons. The summed E-state index contributed by atoms with van der Waals surface area (Å²) in [6.07, 6.45) is 2.96. The lowest BCUT2D eigenvalue weighted by atomic mass is 10.3. The standard InChI is InChI=1S/C13H10F3N3OS/c14-7-1-2-9(13(16)12(7)15)19-11(20)6-21-10-3-4-18-5-8(10)17/h1-5H,6,17H2,(H,19,20). The van der Waals surface area contributed by atoms with E-state index in [9.17, 15) is 18.0 Å². The molecule has 1 amide bonds. The third-order valence-corrected chi connectivity index (χ3v) is 3.57. The van der Waals surface area contributed by atoms with Crippen LogP contribution >= 0.6 is 11.8 Å². The number of carbonyl (C=O) groups is 1. The first-order valence-electron chi connectivity index (χ1n) is 5.74. The average Bonchev–Trinajstić information content (AvgIpc) is 2.47. The molecule has 1 heterocycles. The van der Waals surface area contributed by atoms with E-state index in [-0.39, 0.29) is 5.75 Å². The van der Waals surface area contributed by atoms with E-state index < -0.39 is 29.0 Å². The Balaban J connectivity index is 2.00. The highest BCUT2D eigenvalue weighted by Gasteiger charge is 2.15. The highest BCUT2D eigenvalue weighted by atomic mass is 32.2. The van der Waals surface area contributed by atoms with Crippen LogP contribution in [0.1, 0.15) is 0 Å². The molecule has 0 unspecified atom stereocenters. The van der Waals surface area contributed by atoms with Gasteiger partial charge in [-0.15, -0.1) is 11.8 Å². The predicted molar refractivity (Wildman–Crippen MR) is 74.3 cm³/mol. The van der Waals surface area contributed by atoms with Crippen molar-refractivity contribution in [1.29, 1.82) is 0 Å². The van der Waals surface area contributed by atoms with Crippen LogP contribution in [0.4, 0.5) is 24.5 Å².